The van der Waals surface area contributed by atoms with Gasteiger partial charge in [-0.3, -0.25) is 4.99 Å². The molecule has 0 spiro atoms. The van der Waals surface area contributed by atoms with Crippen LogP contribution in [-0.2, 0) is 6.42 Å². The van der Waals surface area contributed by atoms with E-state index in [-0.39, 0.29) is 24.0 Å². The first kappa shape index (κ1) is 21.8. The number of anilines is 1. The van der Waals surface area contributed by atoms with Crippen LogP contribution in [0.3, 0.4) is 0 Å². The fourth-order valence-corrected chi connectivity index (χ4v) is 4.03. The van der Waals surface area contributed by atoms with Gasteiger partial charge in [-0.1, -0.05) is 12.1 Å². The number of halogens is 1. The summed E-state index contributed by atoms with van der Waals surface area (Å²) < 4.78 is 5.29. The van der Waals surface area contributed by atoms with E-state index in [0.717, 1.165) is 57.3 Å². The van der Waals surface area contributed by atoms with Crippen LogP contribution < -0.4 is 15.0 Å². The largest absolute Gasteiger partial charge is 0.497 e. The van der Waals surface area contributed by atoms with Gasteiger partial charge in [-0.05, 0) is 48.1 Å². The lowest BCUT2D eigenvalue weighted by Crippen LogP contribution is -2.52. The minimum Gasteiger partial charge on any atom is -0.497 e. The van der Waals surface area contributed by atoms with Crippen LogP contribution in [0.4, 0.5) is 5.00 Å². The molecule has 148 valence electrons. The number of hydrogen-bond donors (Lipinski definition) is 1. The van der Waals surface area contributed by atoms with Gasteiger partial charge < -0.3 is 19.9 Å². The third kappa shape index (κ3) is 6.27. The molecular formula is C20H29IN4OS. The topological polar surface area (TPSA) is 40.1 Å². The smallest absolute Gasteiger partial charge is 0.193 e. The Morgan fingerprint density at radius 2 is 2.00 bits per heavy atom. The van der Waals surface area contributed by atoms with E-state index in [1.165, 1.54) is 10.6 Å². The maximum absolute atomic E-state index is 5.29. The van der Waals surface area contributed by atoms with E-state index in [1.807, 2.05) is 30.5 Å². The number of hydrogen-bond acceptors (Lipinski definition) is 4. The first-order valence-corrected chi connectivity index (χ1v) is 10.0. The molecule has 1 aliphatic rings. The second kappa shape index (κ2) is 11.4. The standard InChI is InChI=1S/C20H28N4OS.HI/c1-21-20(22-10-4-7-17-6-3-8-18(16-17)25-2)24-13-11-23(12-14-24)19-9-5-15-26-19;/h3,5-6,8-9,15-16H,4,7,10-14H2,1-2H3,(H,21,22);1H. The van der Waals surface area contributed by atoms with Crippen LogP contribution in [0.1, 0.15) is 12.0 Å². The predicted octanol–water partition coefficient (Wildman–Crippen LogP) is 3.70. The first-order chi connectivity index (χ1) is 12.8. The van der Waals surface area contributed by atoms with Crippen LogP contribution in [0.15, 0.2) is 46.8 Å². The number of benzene rings is 1. The lowest BCUT2D eigenvalue weighted by atomic mass is 10.1. The maximum Gasteiger partial charge on any atom is 0.193 e. The highest BCUT2D eigenvalue weighted by atomic mass is 127. The Balaban J connectivity index is 0.00000261. The number of aryl methyl sites for hydroxylation is 1. The van der Waals surface area contributed by atoms with Gasteiger partial charge in [0.1, 0.15) is 5.75 Å². The highest BCUT2D eigenvalue weighted by Gasteiger charge is 2.19. The number of ether oxygens (including phenoxy) is 1. The minimum absolute atomic E-state index is 0. The predicted molar refractivity (Wildman–Crippen MR) is 126 cm³/mol. The van der Waals surface area contributed by atoms with Crippen molar-refractivity contribution >= 4 is 46.3 Å². The molecule has 27 heavy (non-hydrogen) atoms. The number of guanidine groups is 1. The molecule has 1 aliphatic heterocycles. The Morgan fingerprint density at radius 3 is 2.67 bits per heavy atom. The van der Waals surface area contributed by atoms with Crippen molar-refractivity contribution in [3.8, 4) is 5.75 Å². The molecule has 1 saturated heterocycles. The number of methoxy groups -OCH3 is 1. The zero-order valence-electron chi connectivity index (χ0n) is 16.1. The summed E-state index contributed by atoms with van der Waals surface area (Å²) in [5.74, 6) is 1.94. The SMILES string of the molecule is CN=C(NCCCc1cccc(OC)c1)N1CCN(c2cccs2)CC1.I. The number of nitrogens with one attached hydrogen (secondary N) is 1. The Morgan fingerprint density at radius 1 is 1.19 bits per heavy atom. The molecule has 0 unspecified atom stereocenters. The van der Waals surface area contributed by atoms with Gasteiger partial charge >= 0.3 is 0 Å². The molecular weight excluding hydrogens is 471 g/mol. The summed E-state index contributed by atoms with van der Waals surface area (Å²) in [5.41, 5.74) is 1.31. The molecule has 1 N–H and O–H groups in total. The van der Waals surface area contributed by atoms with E-state index >= 15 is 0 Å². The van der Waals surface area contributed by atoms with Crippen molar-refractivity contribution in [2.24, 2.45) is 4.99 Å². The van der Waals surface area contributed by atoms with Gasteiger partial charge in [0.05, 0.1) is 12.1 Å². The Labute approximate surface area is 183 Å². The summed E-state index contributed by atoms with van der Waals surface area (Å²) in [4.78, 5) is 9.28. The molecule has 0 bridgehead atoms. The second-order valence-electron chi connectivity index (χ2n) is 6.35. The number of nitrogens with zero attached hydrogens (tertiary/aromatic N) is 3. The third-order valence-electron chi connectivity index (χ3n) is 4.67. The average Bonchev–Trinajstić information content (AvgIpc) is 3.23. The molecule has 1 aromatic carbocycles. The number of aliphatic imine (C=N–C) groups is 1. The van der Waals surface area contributed by atoms with Crippen molar-refractivity contribution in [2.75, 3.05) is 51.8 Å². The van der Waals surface area contributed by atoms with Crippen LogP contribution in [0.25, 0.3) is 0 Å². The molecule has 3 rings (SSSR count). The van der Waals surface area contributed by atoms with Crippen molar-refractivity contribution in [1.29, 1.82) is 0 Å². The van der Waals surface area contributed by atoms with E-state index in [2.05, 4.69) is 49.8 Å². The molecule has 0 aliphatic carbocycles. The van der Waals surface area contributed by atoms with E-state index in [9.17, 15) is 0 Å². The van der Waals surface area contributed by atoms with Crippen molar-refractivity contribution < 1.29 is 4.74 Å². The molecule has 2 aromatic rings. The van der Waals surface area contributed by atoms with Gasteiger partial charge in [-0.25, -0.2) is 0 Å². The fraction of sp³-hybridized carbons (Fsp3) is 0.450. The third-order valence-corrected chi connectivity index (χ3v) is 5.60. The summed E-state index contributed by atoms with van der Waals surface area (Å²) in [5, 5.41) is 7.03. The number of thiophene rings is 1. The van der Waals surface area contributed by atoms with Crippen LogP contribution in [-0.4, -0.2) is 57.7 Å². The van der Waals surface area contributed by atoms with Crippen LogP contribution >= 0.6 is 35.3 Å². The maximum atomic E-state index is 5.29. The monoisotopic (exact) mass is 500 g/mol. The molecule has 7 heteroatoms. The van der Waals surface area contributed by atoms with Crippen LogP contribution in [0.2, 0.25) is 0 Å². The van der Waals surface area contributed by atoms with Crippen molar-refractivity contribution in [3.05, 3.63) is 47.3 Å². The highest BCUT2D eigenvalue weighted by molar-refractivity contribution is 14.0. The summed E-state index contributed by atoms with van der Waals surface area (Å²) in [7, 11) is 3.58. The van der Waals surface area contributed by atoms with Crippen molar-refractivity contribution in [3.63, 3.8) is 0 Å². The Hall–Kier alpha value is -1.48. The van der Waals surface area contributed by atoms with Crippen molar-refractivity contribution in [1.82, 2.24) is 10.2 Å². The minimum atomic E-state index is 0. The molecule has 0 saturated carbocycles. The van der Waals surface area contributed by atoms with Gasteiger partial charge in [0.25, 0.3) is 0 Å². The quantitative estimate of drug-likeness (QED) is 0.284. The molecule has 5 nitrogen and oxygen atoms in total. The van der Waals surface area contributed by atoms with Gasteiger partial charge in [0, 0.05) is 39.8 Å². The number of piperazine rings is 1. The van der Waals surface area contributed by atoms with E-state index in [4.69, 9.17) is 4.74 Å². The number of rotatable bonds is 6. The van der Waals surface area contributed by atoms with Crippen LogP contribution in [0, 0.1) is 0 Å². The van der Waals surface area contributed by atoms with Crippen LogP contribution in [0.5, 0.6) is 5.75 Å². The van der Waals surface area contributed by atoms with Gasteiger partial charge in [0.2, 0.25) is 0 Å². The molecule has 0 amide bonds. The zero-order chi connectivity index (χ0) is 18.2. The lowest BCUT2D eigenvalue weighted by molar-refractivity contribution is 0.373. The van der Waals surface area contributed by atoms with Gasteiger partial charge in [-0.15, -0.1) is 35.3 Å². The Kier molecular flexibility index (Phi) is 9.20. The summed E-state index contributed by atoms with van der Waals surface area (Å²) >= 11 is 1.81. The van der Waals surface area contributed by atoms with Gasteiger partial charge in [0.15, 0.2) is 5.96 Å². The zero-order valence-corrected chi connectivity index (χ0v) is 19.2. The first-order valence-electron chi connectivity index (χ1n) is 9.17. The summed E-state index contributed by atoms with van der Waals surface area (Å²) in [6.07, 6.45) is 2.11. The molecule has 1 fully saturated rings. The lowest BCUT2D eigenvalue weighted by Gasteiger charge is -2.37. The average molecular weight is 500 g/mol. The summed E-state index contributed by atoms with van der Waals surface area (Å²) in [6.45, 7) is 5.03. The van der Waals surface area contributed by atoms with Gasteiger partial charge in [-0.2, -0.15) is 0 Å². The molecule has 0 atom stereocenters. The van der Waals surface area contributed by atoms with E-state index in [1.54, 1.807) is 7.11 Å². The van der Waals surface area contributed by atoms with E-state index in [0.29, 0.717) is 0 Å². The van der Waals surface area contributed by atoms with Crippen molar-refractivity contribution in [2.45, 2.75) is 12.8 Å². The highest BCUT2D eigenvalue weighted by Crippen LogP contribution is 2.22. The normalized spacial score (nSPS) is 14.7. The Bertz CT molecular complexity index is 700. The molecule has 1 aromatic heterocycles. The van der Waals surface area contributed by atoms with E-state index < -0.39 is 0 Å². The molecule has 2 heterocycles. The fourth-order valence-electron chi connectivity index (χ4n) is 3.24. The second-order valence-corrected chi connectivity index (χ2v) is 7.28. The molecule has 0 radical (unpaired) electrons. The summed E-state index contributed by atoms with van der Waals surface area (Å²) in [6, 6.07) is 12.6.